The second-order valence-corrected chi connectivity index (χ2v) is 6.02. The quantitative estimate of drug-likeness (QED) is 0.594. The SMILES string of the molecule is N#Cc1cc(OCC2CC2)c2[nH]c(=O)c(C(=O)NCC(=O)O)c(O)c2c1. The third-order valence-electron chi connectivity index (χ3n) is 3.99. The number of carboxylic acid groups (broad SMARTS) is 1. The molecule has 0 unspecified atom stereocenters. The Labute approximate surface area is 146 Å². The molecule has 1 aliphatic carbocycles. The maximum atomic E-state index is 12.3. The fourth-order valence-corrected chi connectivity index (χ4v) is 2.47. The van der Waals surface area contributed by atoms with Gasteiger partial charge in [0.15, 0.2) is 0 Å². The van der Waals surface area contributed by atoms with Crippen molar-refractivity contribution in [2.45, 2.75) is 12.8 Å². The van der Waals surface area contributed by atoms with Gasteiger partial charge in [0.2, 0.25) is 0 Å². The lowest BCUT2D eigenvalue weighted by atomic mass is 10.1. The maximum absolute atomic E-state index is 12.3. The number of benzene rings is 1. The topological polar surface area (TPSA) is 153 Å². The predicted molar refractivity (Wildman–Crippen MR) is 89.1 cm³/mol. The Kier molecular flexibility index (Phi) is 4.49. The monoisotopic (exact) mass is 357 g/mol. The van der Waals surface area contributed by atoms with Gasteiger partial charge in [-0.3, -0.25) is 14.4 Å². The van der Waals surface area contributed by atoms with Gasteiger partial charge in [-0.25, -0.2) is 0 Å². The number of carbonyl (C=O) groups excluding carboxylic acids is 1. The number of nitrogens with one attached hydrogen (secondary N) is 2. The number of aliphatic carboxylic acids is 1. The Balaban J connectivity index is 2.09. The first kappa shape index (κ1) is 17.3. The normalized spacial score (nSPS) is 13.2. The van der Waals surface area contributed by atoms with Crippen LogP contribution >= 0.6 is 0 Å². The largest absolute Gasteiger partial charge is 0.506 e. The second-order valence-electron chi connectivity index (χ2n) is 6.02. The summed E-state index contributed by atoms with van der Waals surface area (Å²) in [6.07, 6.45) is 2.09. The lowest BCUT2D eigenvalue weighted by Gasteiger charge is -2.12. The van der Waals surface area contributed by atoms with Crippen molar-refractivity contribution < 1.29 is 24.5 Å². The van der Waals surface area contributed by atoms with E-state index in [1.54, 1.807) is 0 Å². The Hall–Kier alpha value is -3.54. The highest BCUT2D eigenvalue weighted by Gasteiger charge is 2.24. The lowest BCUT2D eigenvalue weighted by molar-refractivity contribution is -0.135. The molecule has 1 amide bonds. The van der Waals surface area contributed by atoms with E-state index in [1.807, 2.05) is 11.4 Å². The van der Waals surface area contributed by atoms with E-state index < -0.39 is 35.3 Å². The number of pyridine rings is 1. The number of rotatable bonds is 6. The van der Waals surface area contributed by atoms with Crippen molar-refractivity contribution in [3.63, 3.8) is 0 Å². The number of aromatic hydroxyl groups is 1. The first-order valence-electron chi connectivity index (χ1n) is 7.86. The number of aromatic amines is 1. The first-order chi connectivity index (χ1) is 12.4. The van der Waals surface area contributed by atoms with Crippen LogP contribution in [0.1, 0.15) is 28.8 Å². The molecule has 1 fully saturated rings. The number of carboxylic acids is 1. The lowest BCUT2D eigenvalue weighted by Crippen LogP contribution is -2.33. The molecule has 0 radical (unpaired) electrons. The molecule has 1 aromatic heterocycles. The van der Waals surface area contributed by atoms with Crippen molar-refractivity contribution in [1.29, 1.82) is 5.26 Å². The van der Waals surface area contributed by atoms with E-state index in [2.05, 4.69) is 4.98 Å². The van der Waals surface area contributed by atoms with Crippen molar-refractivity contribution in [1.82, 2.24) is 10.3 Å². The molecule has 1 heterocycles. The summed E-state index contributed by atoms with van der Waals surface area (Å²) in [6, 6.07) is 4.70. The van der Waals surface area contributed by atoms with E-state index in [1.165, 1.54) is 12.1 Å². The summed E-state index contributed by atoms with van der Waals surface area (Å²) in [6.45, 7) is -0.280. The molecule has 134 valence electrons. The van der Waals surface area contributed by atoms with Crippen LogP contribution in [-0.4, -0.2) is 40.2 Å². The average molecular weight is 357 g/mol. The Morgan fingerprint density at radius 2 is 2.12 bits per heavy atom. The molecule has 26 heavy (non-hydrogen) atoms. The van der Waals surface area contributed by atoms with Gasteiger partial charge in [-0.1, -0.05) is 0 Å². The van der Waals surface area contributed by atoms with Crippen molar-refractivity contribution in [3.8, 4) is 17.6 Å². The molecule has 9 heteroatoms. The molecule has 0 spiro atoms. The molecule has 1 saturated carbocycles. The fourth-order valence-electron chi connectivity index (χ4n) is 2.47. The van der Waals surface area contributed by atoms with E-state index in [4.69, 9.17) is 9.84 Å². The van der Waals surface area contributed by atoms with Gasteiger partial charge in [-0.05, 0) is 24.8 Å². The number of hydrogen-bond acceptors (Lipinski definition) is 6. The molecule has 4 N–H and O–H groups in total. The van der Waals surface area contributed by atoms with Crippen molar-refractivity contribution >= 4 is 22.8 Å². The van der Waals surface area contributed by atoms with Crippen LogP contribution in [-0.2, 0) is 4.79 Å². The van der Waals surface area contributed by atoms with Gasteiger partial charge in [0.1, 0.15) is 23.6 Å². The Morgan fingerprint density at radius 3 is 2.73 bits per heavy atom. The Bertz CT molecular complexity index is 1000. The van der Waals surface area contributed by atoms with Crippen LogP contribution in [0.4, 0.5) is 0 Å². The summed E-state index contributed by atoms with van der Waals surface area (Å²) >= 11 is 0. The predicted octanol–water partition coefficient (Wildman–Crippen LogP) is 0.709. The highest BCUT2D eigenvalue weighted by atomic mass is 16.5. The summed E-state index contributed by atoms with van der Waals surface area (Å²) < 4.78 is 5.66. The molecule has 0 atom stereocenters. The maximum Gasteiger partial charge on any atom is 0.322 e. The number of fused-ring (bicyclic) bond motifs is 1. The molecular weight excluding hydrogens is 342 g/mol. The van der Waals surface area contributed by atoms with Crippen molar-refractivity contribution in [2.75, 3.05) is 13.2 Å². The summed E-state index contributed by atoms with van der Waals surface area (Å²) in [5.74, 6) is -2.30. The zero-order valence-electron chi connectivity index (χ0n) is 13.5. The van der Waals surface area contributed by atoms with E-state index >= 15 is 0 Å². The molecule has 9 nitrogen and oxygen atoms in total. The zero-order valence-corrected chi connectivity index (χ0v) is 13.5. The standard InChI is InChI=1S/C17H15N3O6/c18-5-9-3-10-14(11(4-9)26-7-8-1-2-8)20-17(25)13(15(10)23)16(24)19-6-12(21)22/h3-4,8H,1-2,6-7H2,(H,19,24)(H,21,22)(H2,20,23,25). The highest BCUT2D eigenvalue weighted by molar-refractivity contribution is 6.04. The van der Waals surface area contributed by atoms with Crippen LogP contribution in [0.2, 0.25) is 0 Å². The van der Waals surface area contributed by atoms with Gasteiger partial charge < -0.3 is 25.3 Å². The van der Waals surface area contributed by atoms with E-state index in [0.717, 1.165) is 12.8 Å². The highest BCUT2D eigenvalue weighted by Crippen LogP contribution is 2.34. The van der Waals surface area contributed by atoms with Crippen LogP contribution in [0.25, 0.3) is 10.9 Å². The number of nitrogens with zero attached hydrogens (tertiary/aromatic N) is 1. The van der Waals surface area contributed by atoms with Gasteiger partial charge in [-0.15, -0.1) is 0 Å². The number of ether oxygens (including phenoxy) is 1. The molecule has 2 aromatic rings. The minimum atomic E-state index is -1.29. The molecule has 1 aromatic carbocycles. The number of carbonyl (C=O) groups is 2. The fraction of sp³-hybridized carbons (Fsp3) is 0.294. The molecule has 1 aliphatic rings. The third-order valence-corrected chi connectivity index (χ3v) is 3.99. The smallest absolute Gasteiger partial charge is 0.322 e. The van der Waals surface area contributed by atoms with Gasteiger partial charge >= 0.3 is 5.97 Å². The summed E-state index contributed by atoms with van der Waals surface area (Å²) in [4.78, 5) is 37.3. The number of amides is 1. The van der Waals surface area contributed by atoms with Crippen LogP contribution in [0.5, 0.6) is 11.5 Å². The van der Waals surface area contributed by atoms with Crippen LogP contribution < -0.4 is 15.6 Å². The van der Waals surface area contributed by atoms with Crippen LogP contribution in [0.3, 0.4) is 0 Å². The minimum Gasteiger partial charge on any atom is -0.506 e. The van der Waals surface area contributed by atoms with Crippen molar-refractivity contribution in [2.24, 2.45) is 5.92 Å². The molecule has 0 bridgehead atoms. The van der Waals surface area contributed by atoms with E-state index in [9.17, 15) is 24.8 Å². The first-order valence-corrected chi connectivity index (χ1v) is 7.86. The van der Waals surface area contributed by atoms with Crippen molar-refractivity contribution in [3.05, 3.63) is 33.6 Å². The third kappa shape index (κ3) is 3.44. The Morgan fingerprint density at radius 1 is 1.38 bits per heavy atom. The van der Waals surface area contributed by atoms with Gasteiger partial charge in [0.25, 0.3) is 11.5 Å². The number of nitriles is 1. The van der Waals surface area contributed by atoms with Gasteiger partial charge in [0, 0.05) is 11.5 Å². The summed E-state index contributed by atoms with van der Waals surface area (Å²) in [5, 5.41) is 30.3. The zero-order chi connectivity index (χ0) is 18.8. The molecule has 0 aliphatic heterocycles. The summed E-state index contributed by atoms with van der Waals surface area (Å²) in [5.41, 5.74) is -1.16. The number of aromatic nitrogens is 1. The molecule has 0 saturated heterocycles. The molecular formula is C17H15N3O6. The number of H-pyrrole nitrogens is 1. The average Bonchev–Trinajstić information content (AvgIpc) is 3.42. The van der Waals surface area contributed by atoms with E-state index in [-0.39, 0.29) is 22.2 Å². The number of hydrogen-bond donors (Lipinski definition) is 4. The summed E-state index contributed by atoms with van der Waals surface area (Å²) in [7, 11) is 0. The van der Waals surface area contributed by atoms with E-state index in [0.29, 0.717) is 12.5 Å². The molecule has 3 rings (SSSR count). The van der Waals surface area contributed by atoms with Gasteiger partial charge in [0.05, 0.1) is 23.8 Å². The van der Waals surface area contributed by atoms with Crippen LogP contribution in [0.15, 0.2) is 16.9 Å². The second kappa shape index (κ2) is 6.76. The van der Waals surface area contributed by atoms with Crippen LogP contribution in [0, 0.1) is 17.2 Å². The minimum absolute atomic E-state index is 0.0647. The van der Waals surface area contributed by atoms with Gasteiger partial charge in [-0.2, -0.15) is 5.26 Å².